The largest absolute Gasteiger partial charge is 0.381 e. The second kappa shape index (κ2) is 9.42. The molecular formula is C16H26Cl2N4O2. The molecule has 24 heavy (non-hydrogen) atoms. The molecule has 2 fully saturated rings. The second-order valence-electron chi connectivity index (χ2n) is 6.17. The fraction of sp³-hybridized carbons (Fsp3) is 0.625. The summed E-state index contributed by atoms with van der Waals surface area (Å²) in [6, 6.07) is 4.05. The van der Waals surface area contributed by atoms with E-state index in [9.17, 15) is 4.79 Å². The van der Waals surface area contributed by atoms with Crippen LogP contribution in [0.15, 0.2) is 18.3 Å². The Morgan fingerprint density at radius 3 is 2.50 bits per heavy atom. The first-order chi connectivity index (χ1) is 10.7. The Morgan fingerprint density at radius 2 is 1.92 bits per heavy atom. The first-order valence-electron chi connectivity index (χ1n) is 8.02. The molecule has 1 aromatic heterocycles. The number of anilines is 1. The topological polar surface area (TPSA) is 80.5 Å². The van der Waals surface area contributed by atoms with E-state index in [0.717, 1.165) is 24.5 Å². The monoisotopic (exact) mass is 376 g/mol. The van der Waals surface area contributed by atoms with E-state index < -0.39 is 5.54 Å². The van der Waals surface area contributed by atoms with Crippen molar-refractivity contribution >= 4 is 36.5 Å². The van der Waals surface area contributed by atoms with Crippen molar-refractivity contribution in [1.29, 1.82) is 0 Å². The van der Waals surface area contributed by atoms with E-state index >= 15 is 0 Å². The van der Waals surface area contributed by atoms with Crippen LogP contribution < -0.4 is 16.0 Å². The van der Waals surface area contributed by atoms with Crippen LogP contribution in [0.2, 0.25) is 0 Å². The predicted octanol–water partition coefficient (Wildman–Crippen LogP) is 1.65. The average Bonchev–Trinajstić information content (AvgIpc) is 3.08. The van der Waals surface area contributed by atoms with Gasteiger partial charge in [-0.2, -0.15) is 0 Å². The number of hydrogen-bond donors (Lipinski definition) is 2. The first kappa shape index (κ1) is 21.0. The van der Waals surface area contributed by atoms with Crippen molar-refractivity contribution < 1.29 is 9.53 Å². The zero-order chi connectivity index (χ0) is 15.4. The van der Waals surface area contributed by atoms with Crippen LogP contribution >= 0.6 is 24.8 Å². The van der Waals surface area contributed by atoms with Crippen molar-refractivity contribution in [2.24, 2.45) is 5.73 Å². The fourth-order valence-corrected chi connectivity index (χ4v) is 2.98. The number of nitrogens with zero attached hydrogens (tertiary/aromatic N) is 2. The van der Waals surface area contributed by atoms with Crippen LogP contribution in [-0.4, -0.2) is 42.7 Å². The van der Waals surface area contributed by atoms with Gasteiger partial charge in [0.05, 0.1) is 5.54 Å². The molecule has 0 unspecified atom stereocenters. The Labute approximate surface area is 155 Å². The lowest BCUT2D eigenvalue weighted by molar-refractivity contribution is -0.129. The summed E-state index contributed by atoms with van der Waals surface area (Å²) in [5.41, 5.74) is 6.36. The van der Waals surface area contributed by atoms with Crippen molar-refractivity contribution in [1.82, 2.24) is 10.3 Å². The summed E-state index contributed by atoms with van der Waals surface area (Å²) in [4.78, 5) is 19.0. The Morgan fingerprint density at radius 1 is 1.25 bits per heavy atom. The Bertz CT molecular complexity index is 515. The van der Waals surface area contributed by atoms with Crippen molar-refractivity contribution in [3.05, 3.63) is 23.9 Å². The summed E-state index contributed by atoms with van der Waals surface area (Å²) in [5, 5.41) is 2.93. The van der Waals surface area contributed by atoms with E-state index in [-0.39, 0.29) is 30.7 Å². The SMILES string of the molecule is Cl.Cl.NC1(C(=O)NCc2ccc(N3CCCC3)nc2)CCOCC1. The van der Waals surface area contributed by atoms with Crippen molar-refractivity contribution in [3.8, 4) is 0 Å². The minimum Gasteiger partial charge on any atom is -0.381 e. The standard InChI is InChI=1S/C16H24N4O2.2ClH/c17-16(5-9-22-10-6-16)15(21)19-12-13-3-4-14(18-11-13)20-7-1-2-8-20;;/h3-4,11H,1-2,5-10,12,17H2,(H,19,21);2*1H. The van der Waals surface area contributed by atoms with Gasteiger partial charge in [-0.1, -0.05) is 6.07 Å². The molecular weight excluding hydrogens is 351 g/mol. The highest BCUT2D eigenvalue weighted by Gasteiger charge is 2.35. The molecule has 1 aromatic rings. The van der Waals surface area contributed by atoms with E-state index in [0.29, 0.717) is 32.6 Å². The molecule has 1 amide bonds. The van der Waals surface area contributed by atoms with E-state index in [1.54, 1.807) is 0 Å². The van der Waals surface area contributed by atoms with Gasteiger partial charge in [0, 0.05) is 39.0 Å². The molecule has 136 valence electrons. The lowest BCUT2D eigenvalue weighted by Crippen LogP contribution is -2.56. The van der Waals surface area contributed by atoms with Gasteiger partial charge in [0.15, 0.2) is 0 Å². The van der Waals surface area contributed by atoms with Crippen LogP contribution in [0.4, 0.5) is 5.82 Å². The highest BCUT2D eigenvalue weighted by atomic mass is 35.5. The molecule has 2 aliphatic heterocycles. The number of aromatic nitrogens is 1. The molecule has 0 atom stereocenters. The first-order valence-corrected chi connectivity index (χ1v) is 8.02. The molecule has 2 aliphatic rings. The van der Waals surface area contributed by atoms with E-state index in [1.807, 2.05) is 18.3 Å². The predicted molar refractivity (Wildman–Crippen MR) is 99.0 cm³/mol. The maximum Gasteiger partial charge on any atom is 0.240 e. The number of ether oxygens (including phenoxy) is 1. The number of halogens is 2. The molecule has 3 heterocycles. The molecule has 0 radical (unpaired) electrons. The normalized spacial score (nSPS) is 19.1. The van der Waals surface area contributed by atoms with Crippen LogP contribution in [0.5, 0.6) is 0 Å². The van der Waals surface area contributed by atoms with E-state index in [2.05, 4.69) is 15.2 Å². The molecule has 3 rings (SSSR count). The van der Waals surface area contributed by atoms with Crippen LogP contribution in [-0.2, 0) is 16.1 Å². The van der Waals surface area contributed by atoms with Gasteiger partial charge in [0.2, 0.25) is 5.91 Å². The quantitative estimate of drug-likeness (QED) is 0.834. The van der Waals surface area contributed by atoms with Gasteiger partial charge in [0.1, 0.15) is 5.82 Å². The molecule has 2 saturated heterocycles. The maximum atomic E-state index is 12.2. The summed E-state index contributed by atoms with van der Waals surface area (Å²) < 4.78 is 5.27. The van der Waals surface area contributed by atoms with Gasteiger partial charge < -0.3 is 20.7 Å². The summed E-state index contributed by atoms with van der Waals surface area (Å²) in [6.07, 6.45) is 5.46. The van der Waals surface area contributed by atoms with E-state index in [1.165, 1.54) is 12.8 Å². The molecule has 8 heteroatoms. The molecule has 0 aliphatic carbocycles. The Hall–Kier alpha value is -1.08. The zero-order valence-corrected chi connectivity index (χ0v) is 15.3. The number of rotatable bonds is 4. The molecule has 0 aromatic carbocycles. The summed E-state index contributed by atoms with van der Waals surface area (Å²) in [5.74, 6) is 0.923. The van der Waals surface area contributed by atoms with Crippen LogP contribution in [0.1, 0.15) is 31.2 Å². The number of nitrogens with two attached hydrogens (primary N) is 1. The summed E-state index contributed by atoms with van der Waals surface area (Å²) in [7, 11) is 0. The summed E-state index contributed by atoms with van der Waals surface area (Å²) in [6.45, 7) is 3.74. The number of pyridine rings is 1. The molecule has 6 nitrogen and oxygen atoms in total. The van der Waals surface area contributed by atoms with Gasteiger partial charge in [-0.3, -0.25) is 4.79 Å². The minimum absolute atomic E-state index is 0. The Balaban J connectivity index is 0.00000144. The van der Waals surface area contributed by atoms with Gasteiger partial charge in [-0.15, -0.1) is 24.8 Å². The number of amides is 1. The maximum absolute atomic E-state index is 12.2. The van der Waals surface area contributed by atoms with Crippen LogP contribution in [0.25, 0.3) is 0 Å². The Kier molecular flexibility index (Phi) is 8.22. The smallest absolute Gasteiger partial charge is 0.240 e. The molecule has 3 N–H and O–H groups in total. The van der Waals surface area contributed by atoms with Crippen LogP contribution in [0.3, 0.4) is 0 Å². The number of carbonyl (C=O) groups is 1. The average molecular weight is 377 g/mol. The van der Waals surface area contributed by atoms with Crippen molar-refractivity contribution in [2.45, 2.75) is 37.8 Å². The molecule has 0 spiro atoms. The van der Waals surface area contributed by atoms with E-state index in [4.69, 9.17) is 10.5 Å². The van der Waals surface area contributed by atoms with Gasteiger partial charge >= 0.3 is 0 Å². The fourth-order valence-electron chi connectivity index (χ4n) is 2.98. The highest BCUT2D eigenvalue weighted by Crippen LogP contribution is 2.19. The number of nitrogens with one attached hydrogen (secondary N) is 1. The lowest BCUT2D eigenvalue weighted by Gasteiger charge is -2.31. The van der Waals surface area contributed by atoms with Crippen LogP contribution in [0, 0.1) is 0 Å². The summed E-state index contributed by atoms with van der Waals surface area (Å²) >= 11 is 0. The van der Waals surface area contributed by atoms with Crippen molar-refractivity contribution in [2.75, 3.05) is 31.2 Å². The van der Waals surface area contributed by atoms with Gasteiger partial charge in [0.25, 0.3) is 0 Å². The lowest BCUT2D eigenvalue weighted by atomic mass is 9.90. The third-order valence-corrected chi connectivity index (χ3v) is 4.53. The van der Waals surface area contributed by atoms with Gasteiger partial charge in [-0.25, -0.2) is 4.98 Å². The van der Waals surface area contributed by atoms with Crippen molar-refractivity contribution in [3.63, 3.8) is 0 Å². The second-order valence-corrected chi connectivity index (χ2v) is 6.17. The highest BCUT2D eigenvalue weighted by molar-refractivity contribution is 5.86. The van der Waals surface area contributed by atoms with Gasteiger partial charge in [-0.05, 0) is 37.3 Å². The minimum atomic E-state index is -0.791. The third kappa shape index (κ3) is 4.96. The third-order valence-electron chi connectivity index (χ3n) is 4.53. The zero-order valence-electron chi connectivity index (χ0n) is 13.7. The molecule has 0 saturated carbocycles. The molecule has 0 bridgehead atoms. The number of hydrogen-bond acceptors (Lipinski definition) is 5. The number of carbonyl (C=O) groups excluding carboxylic acids is 1.